The Hall–Kier alpha value is -3.36. The third-order valence-electron chi connectivity index (χ3n) is 4.06. The summed E-state index contributed by atoms with van der Waals surface area (Å²) in [6.07, 6.45) is -2.27. The van der Waals surface area contributed by atoms with Gasteiger partial charge in [-0.25, -0.2) is 26.9 Å². The Balaban J connectivity index is 2.08. The maximum absolute atomic E-state index is 13.6. The second-order valence-electron chi connectivity index (χ2n) is 6.44. The largest absolute Gasteiger partial charge is 0.313 e. The molecule has 0 aliphatic rings. The summed E-state index contributed by atoms with van der Waals surface area (Å²) in [7, 11) is -3.96. The van der Waals surface area contributed by atoms with E-state index in [1.54, 1.807) is 33.9 Å². The van der Waals surface area contributed by atoms with E-state index >= 15 is 0 Å². The minimum absolute atomic E-state index is 0.0857. The summed E-state index contributed by atoms with van der Waals surface area (Å²) in [5, 5.41) is 9.11. The molecule has 3 aromatic rings. The minimum atomic E-state index is -3.96. The summed E-state index contributed by atoms with van der Waals surface area (Å²) in [5.74, 6) is -1.22. The van der Waals surface area contributed by atoms with Crippen molar-refractivity contribution in [2.75, 3.05) is 11.2 Å². The molecule has 0 fully saturated rings. The van der Waals surface area contributed by atoms with E-state index in [0.717, 1.165) is 11.8 Å². The van der Waals surface area contributed by atoms with Crippen molar-refractivity contribution < 1.29 is 22.0 Å². The van der Waals surface area contributed by atoms with Gasteiger partial charge in [0.15, 0.2) is 10.8 Å². The fourth-order valence-corrected chi connectivity index (χ4v) is 4.09. The van der Waals surface area contributed by atoms with Crippen LogP contribution in [0.2, 0.25) is 0 Å². The van der Waals surface area contributed by atoms with Gasteiger partial charge in [0.25, 0.3) is 12.3 Å². The minimum Gasteiger partial charge on any atom is -0.313 e. The van der Waals surface area contributed by atoms with Gasteiger partial charge in [-0.3, -0.25) is 4.79 Å². The van der Waals surface area contributed by atoms with Crippen LogP contribution in [-0.2, 0) is 16.6 Å². The van der Waals surface area contributed by atoms with Crippen LogP contribution in [0, 0.1) is 11.3 Å². The first-order chi connectivity index (χ1) is 14.7. The van der Waals surface area contributed by atoms with E-state index < -0.39 is 32.9 Å². The summed E-state index contributed by atoms with van der Waals surface area (Å²) in [6, 6.07) is 17.6. The van der Waals surface area contributed by atoms with Crippen molar-refractivity contribution in [3.63, 3.8) is 0 Å². The van der Waals surface area contributed by atoms with Gasteiger partial charge >= 0.3 is 0 Å². The molecule has 0 bridgehead atoms. The number of aromatic nitrogens is 1. The number of anilines is 2. The molecule has 0 spiro atoms. The molecule has 1 amide bonds. The van der Waals surface area contributed by atoms with E-state index in [9.17, 15) is 22.0 Å². The topological polar surface area (TPSA) is 103 Å². The number of halogens is 2. The Morgan fingerprint density at radius 3 is 2.39 bits per heavy atom. The Labute approximate surface area is 181 Å². The maximum atomic E-state index is 13.6. The zero-order chi connectivity index (χ0) is 22.6. The maximum Gasteiger partial charge on any atom is 0.284 e. The molecule has 3 rings (SSSR count). The number of nitrogens with zero attached hydrogens (tertiary/aromatic N) is 3. The van der Waals surface area contributed by atoms with Crippen molar-refractivity contribution in [3.05, 3.63) is 76.3 Å². The normalized spacial score (nSPS) is 11.2. The molecule has 0 aliphatic heterocycles. The van der Waals surface area contributed by atoms with Crippen molar-refractivity contribution in [1.29, 1.82) is 5.26 Å². The van der Waals surface area contributed by atoms with Gasteiger partial charge in [-0.05, 0) is 29.8 Å². The van der Waals surface area contributed by atoms with Crippen LogP contribution in [0.1, 0.15) is 32.9 Å². The van der Waals surface area contributed by atoms with E-state index in [1.807, 2.05) is 36.4 Å². The highest BCUT2D eigenvalue weighted by molar-refractivity contribution is 7.89. The SMILES string of the molecule is CS(=O)(=O)NC(=O)c1nc(N(Cc2ccccc2)c2ccc(C#N)cc2)sc1C(F)F. The van der Waals surface area contributed by atoms with Crippen LogP contribution in [-0.4, -0.2) is 25.6 Å². The van der Waals surface area contributed by atoms with Crippen molar-refractivity contribution in [1.82, 2.24) is 9.71 Å². The molecule has 1 heterocycles. The molecule has 1 aromatic heterocycles. The lowest BCUT2D eigenvalue weighted by Crippen LogP contribution is -2.30. The van der Waals surface area contributed by atoms with Gasteiger partial charge in [0.05, 0.1) is 24.4 Å². The smallest absolute Gasteiger partial charge is 0.284 e. The van der Waals surface area contributed by atoms with Crippen LogP contribution in [0.25, 0.3) is 0 Å². The Bertz CT molecular complexity index is 1220. The third-order valence-corrected chi connectivity index (χ3v) is 5.70. The van der Waals surface area contributed by atoms with Crippen molar-refractivity contribution in [3.8, 4) is 6.07 Å². The predicted octanol–water partition coefficient (Wildman–Crippen LogP) is 3.98. The molecular formula is C20H16F2N4O3S2. The van der Waals surface area contributed by atoms with Crippen molar-refractivity contribution in [2.45, 2.75) is 13.0 Å². The number of amides is 1. The average molecular weight is 463 g/mol. The first kappa shape index (κ1) is 22.3. The zero-order valence-electron chi connectivity index (χ0n) is 16.1. The second-order valence-corrected chi connectivity index (χ2v) is 9.20. The number of thiazole rings is 1. The first-order valence-corrected chi connectivity index (χ1v) is 11.5. The highest BCUT2D eigenvalue weighted by atomic mass is 32.2. The second kappa shape index (κ2) is 9.20. The third kappa shape index (κ3) is 5.62. The molecule has 31 heavy (non-hydrogen) atoms. The van der Waals surface area contributed by atoms with E-state index in [-0.39, 0.29) is 11.7 Å². The van der Waals surface area contributed by atoms with Crippen LogP contribution in [0.3, 0.4) is 0 Å². The van der Waals surface area contributed by atoms with Gasteiger partial charge in [-0.15, -0.1) is 0 Å². The molecule has 0 atom stereocenters. The number of hydrogen-bond acceptors (Lipinski definition) is 7. The molecule has 11 heteroatoms. The monoisotopic (exact) mass is 462 g/mol. The summed E-state index contributed by atoms with van der Waals surface area (Å²) in [4.78, 5) is 17.3. The average Bonchev–Trinajstić information content (AvgIpc) is 3.17. The number of carbonyl (C=O) groups is 1. The van der Waals surface area contributed by atoms with Crippen molar-refractivity contribution >= 4 is 38.1 Å². The zero-order valence-corrected chi connectivity index (χ0v) is 17.8. The lowest BCUT2D eigenvalue weighted by atomic mass is 10.2. The Kier molecular flexibility index (Phi) is 6.62. The van der Waals surface area contributed by atoms with Crippen LogP contribution < -0.4 is 9.62 Å². The van der Waals surface area contributed by atoms with Crippen molar-refractivity contribution in [2.24, 2.45) is 0 Å². The standard InChI is InChI=1S/C20H16F2N4O3S2/c1-31(28,29)25-19(27)16-17(18(21)22)30-20(24-16)26(12-14-5-3-2-4-6-14)15-9-7-13(11-23)8-10-15/h2-10,18H,12H2,1H3,(H,25,27). The van der Waals surface area contributed by atoms with Gasteiger partial charge in [-0.1, -0.05) is 41.7 Å². The molecule has 160 valence electrons. The van der Waals surface area contributed by atoms with E-state index in [1.165, 1.54) is 0 Å². The number of nitrogens with one attached hydrogen (secondary N) is 1. The lowest BCUT2D eigenvalue weighted by molar-refractivity contribution is 0.0965. The van der Waals surface area contributed by atoms with E-state index in [2.05, 4.69) is 4.98 Å². The molecule has 0 radical (unpaired) electrons. The Morgan fingerprint density at radius 1 is 1.19 bits per heavy atom. The highest BCUT2D eigenvalue weighted by Crippen LogP contribution is 2.37. The lowest BCUT2D eigenvalue weighted by Gasteiger charge is -2.22. The van der Waals surface area contributed by atoms with Gasteiger partial charge in [0, 0.05) is 5.69 Å². The van der Waals surface area contributed by atoms with E-state index in [0.29, 0.717) is 22.6 Å². The van der Waals surface area contributed by atoms with Gasteiger partial charge < -0.3 is 4.90 Å². The molecule has 7 nitrogen and oxygen atoms in total. The van der Waals surface area contributed by atoms with Gasteiger partial charge in [-0.2, -0.15) is 5.26 Å². The number of hydrogen-bond donors (Lipinski definition) is 1. The molecule has 0 unspecified atom stereocenters. The fourth-order valence-electron chi connectivity index (χ4n) is 2.71. The molecular weight excluding hydrogens is 446 g/mol. The number of nitriles is 1. The van der Waals surface area contributed by atoms with Crippen LogP contribution in [0.5, 0.6) is 0 Å². The Morgan fingerprint density at radius 2 is 1.84 bits per heavy atom. The number of rotatable bonds is 7. The number of benzene rings is 2. The highest BCUT2D eigenvalue weighted by Gasteiger charge is 2.28. The van der Waals surface area contributed by atoms with Crippen LogP contribution >= 0.6 is 11.3 Å². The number of carbonyl (C=O) groups excluding carboxylic acids is 1. The first-order valence-electron chi connectivity index (χ1n) is 8.80. The van der Waals surface area contributed by atoms with E-state index in [4.69, 9.17) is 5.26 Å². The van der Waals surface area contributed by atoms with Gasteiger partial charge in [0.1, 0.15) is 4.88 Å². The summed E-state index contributed by atoms with van der Waals surface area (Å²) in [5.41, 5.74) is 1.19. The summed E-state index contributed by atoms with van der Waals surface area (Å²) >= 11 is 0.598. The molecule has 1 N–H and O–H groups in total. The van der Waals surface area contributed by atoms with Gasteiger partial charge in [0.2, 0.25) is 10.0 Å². The quantitative estimate of drug-likeness (QED) is 0.570. The molecule has 0 saturated heterocycles. The summed E-state index contributed by atoms with van der Waals surface area (Å²) in [6.45, 7) is 0.246. The number of sulfonamides is 1. The van der Waals surface area contributed by atoms with Crippen LogP contribution in [0.4, 0.5) is 19.6 Å². The molecule has 0 saturated carbocycles. The number of alkyl halides is 2. The van der Waals surface area contributed by atoms with Crippen LogP contribution in [0.15, 0.2) is 54.6 Å². The predicted molar refractivity (Wildman–Crippen MR) is 113 cm³/mol. The summed E-state index contributed by atoms with van der Waals surface area (Å²) < 4.78 is 51.7. The fraction of sp³-hybridized carbons (Fsp3) is 0.150. The molecule has 0 aliphatic carbocycles. The molecule has 2 aromatic carbocycles.